The first-order chi connectivity index (χ1) is 9.54. The van der Waals surface area contributed by atoms with Crippen LogP contribution in [-0.4, -0.2) is 56.9 Å². The number of nitrogens with zero attached hydrogens (tertiary/aromatic N) is 1. The second-order valence-corrected chi connectivity index (χ2v) is 9.62. The number of aliphatic hydroxyl groups is 1. The van der Waals surface area contributed by atoms with Crippen LogP contribution in [0, 0.1) is 13.8 Å². The molecule has 8 heteroatoms. The molecule has 1 heterocycles. The topological polar surface area (TPSA) is 91.8 Å². The van der Waals surface area contributed by atoms with Crippen molar-refractivity contribution in [3.8, 4) is 0 Å². The van der Waals surface area contributed by atoms with Crippen molar-refractivity contribution < 1.29 is 21.9 Å². The van der Waals surface area contributed by atoms with Gasteiger partial charge in [-0.15, -0.1) is 0 Å². The Morgan fingerprint density at radius 1 is 1.24 bits per heavy atom. The van der Waals surface area contributed by atoms with E-state index in [0.717, 1.165) is 9.87 Å². The van der Waals surface area contributed by atoms with Crippen molar-refractivity contribution in [3.63, 3.8) is 0 Å². The molecule has 1 aromatic carbocycles. The summed E-state index contributed by atoms with van der Waals surface area (Å²) in [6, 6.07) is 4.12. The minimum absolute atomic E-state index is 0.140. The van der Waals surface area contributed by atoms with Gasteiger partial charge >= 0.3 is 0 Å². The van der Waals surface area contributed by atoms with E-state index in [1.165, 1.54) is 7.05 Å². The average Bonchev–Trinajstić information content (AvgIpc) is 2.64. The van der Waals surface area contributed by atoms with Crippen LogP contribution < -0.4 is 0 Å². The van der Waals surface area contributed by atoms with Gasteiger partial charge in [0.25, 0.3) is 0 Å². The molecule has 1 aromatic rings. The van der Waals surface area contributed by atoms with E-state index in [1.54, 1.807) is 26.0 Å². The molecule has 0 radical (unpaired) electrons. The van der Waals surface area contributed by atoms with Crippen molar-refractivity contribution in [2.24, 2.45) is 0 Å². The van der Waals surface area contributed by atoms with Crippen molar-refractivity contribution in [1.29, 1.82) is 0 Å². The van der Waals surface area contributed by atoms with Gasteiger partial charge in [0.2, 0.25) is 10.0 Å². The molecule has 0 aromatic heterocycles. The fraction of sp³-hybridized carbons (Fsp3) is 0.538. The Kier molecular flexibility index (Phi) is 4.18. The zero-order valence-electron chi connectivity index (χ0n) is 12.1. The van der Waals surface area contributed by atoms with Gasteiger partial charge in [0.05, 0.1) is 28.5 Å². The number of aliphatic hydroxyl groups excluding tert-OH is 1. The van der Waals surface area contributed by atoms with E-state index in [4.69, 9.17) is 0 Å². The predicted molar refractivity (Wildman–Crippen MR) is 79.3 cm³/mol. The Balaban J connectivity index is 2.42. The van der Waals surface area contributed by atoms with Gasteiger partial charge in [-0.25, -0.2) is 16.8 Å². The number of hydrogen-bond acceptors (Lipinski definition) is 5. The second kappa shape index (κ2) is 5.35. The zero-order valence-corrected chi connectivity index (χ0v) is 13.8. The van der Waals surface area contributed by atoms with E-state index in [9.17, 15) is 21.9 Å². The number of aryl methyl sites for hydroxylation is 2. The largest absolute Gasteiger partial charge is 0.390 e. The van der Waals surface area contributed by atoms with Crippen LogP contribution in [0.25, 0.3) is 0 Å². The Bertz CT molecular complexity index is 755. The molecule has 1 aliphatic rings. The third-order valence-corrected chi connectivity index (χ3v) is 7.48. The smallest absolute Gasteiger partial charge is 0.243 e. The fourth-order valence-corrected chi connectivity index (χ4v) is 6.11. The third kappa shape index (κ3) is 3.13. The molecule has 0 bridgehead atoms. The van der Waals surface area contributed by atoms with Gasteiger partial charge < -0.3 is 5.11 Å². The summed E-state index contributed by atoms with van der Waals surface area (Å²) in [6.45, 7) is 3.47. The molecule has 0 amide bonds. The number of sulfonamides is 1. The van der Waals surface area contributed by atoms with Gasteiger partial charge in [-0.1, -0.05) is 12.1 Å². The van der Waals surface area contributed by atoms with Crippen molar-refractivity contribution in [2.75, 3.05) is 18.6 Å². The highest BCUT2D eigenvalue weighted by molar-refractivity contribution is 7.92. The molecule has 21 heavy (non-hydrogen) atoms. The zero-order chi connectivity index (χ0) is 16.0. The summed E-state index contributed by atoms with van der Waals surface area (Å²) in [5.74, 6) is -0.751. The molecule has 2 atom stereocenters. The number of rotatable bonds is 3. The molecule has 1 N–H and O–H groups in total. The maximum absolute atomic E-state index is 12.7. The first kappa shape index (κ1) is 16.4. The van der Waals surface area contributed by atoms with E-state index in [1.807, 2.05) is 6.07 Å². The maximum Gasteiger partial charge on any atom is 0.243 e. The van der Waals surface area contributed by atoms with Crippen molar-refractivity contribution in [1.82, 2.24) is 4.31 Å². The van der Waals surface area contributed by atoms with E-state index in [-0.39, 0.29) is 10.6 Å². The van der Waals surface area contributed by atoms with Crippen LogP contribution >= 0.6 is 0 Å². The highest BCUT2D eigenvalue weighted by Crippen LogP contribution is 2.26. The minimum atomic E-state index is -3.85. The molecule has 6 nitrogen and oxygen atoms in total. The average molecular weight is 333 g/mol. The standard InChI is InChI=1S/C13H19NO5S2/c1-9-4-5-10(2)13(6-9)21(18,19)14(3)11-7-20(16,17)8-12(11)15/h4-6,11-12,15H,7-8H2,1-3H3/t11-,12+/m1/s1. The molecule has 0 saturated carbocycles. The number of likely N-dealkylation sites (N-methyl/N-ethyl adjacent to an activating group) is 1. The lowest BCUT2D eigenvalue weighted by Crippen LogP contribution is -2.44. The van der Waals surface area contributed by atoms with Crippen molar-refractivity contribution in [2.45, 2.75) is 30.9 Å². The predicted octanol–water partition coefficient (Wildman–Crippen LogP) is 0.0818. The van der Waals surface area contributed by atoms with Gasteiger partial charge in [0, 0.05) is 7.05 Å². The molecule has 0 aliphatic carbocycles. The summed E-state index contributed by atoms with van der Waals surface area (Å²) in [4.78, 5) is 0.140. The normalized spacial score (nSPS) is 25.4. The van der Waals surface area contributed by atoms with E-state index in [0.29, 0.717) is 5.56 Å². The first-order valence-electron chi connectivity index (χ1n) is 6.48. The lowest BCUT2D eigenvalue weighted by Gasteiger charge is -2.26. The van der Waals surface area contributed by atoms with Crippen LogP contribution in [-0.2, 0) is 19.9 Å². The Labute approximate surface area is 125 Å². The molecule has 2 rings (SSSR count). The van der Waals surface area contributed by atoms with Gasteiger partial charge in [-0.2, -0.15) is 4.31 Å². The van der Waals surface area contributed by atoms with E-state index >= 15 is 0 Å². The molecule has 0 unspecified atom stereocenters. The van der Waals surface area contributed by atoms with Crippen LogP contribution in [0.3, 0.4) is 0 Å². The van der Waals surface area contributed by atoms with Gasteiger partial charge in [-0.3, -0.25) is 0 Å². The van der Waals surface area contributed by atoms with Crippen LogP contribution in [0.5, 0.6) is 0 Å². The third-order valence-electron chi connectivity index (χ3n) is 3.76. The van der Waals surface area contributed by atoms with Gasteiger partial charge in [0.15, 0.2) is 9.84 Å². The summed E-state index contributed by atoms with van der Waals surface area (Å²) in [6.07, 6.45) is -1.19. The Morgan fingerprint density at radius 2 is 1.86 bits per heavy atom. The maximum atomic E-state index is 12.7. The lowest BCUT2D eigenvalue weighted by molar-refractivity contribution is 0.137. The minimum Gasteiger partial charge on any atom is -0.390 e. The van der Waals surface area contributed by atoms with Crippen LogP contribution in [0.2, 0.25) is 0 Å². The van der Waals surface area contributed by atoms with Crippen LogP contribution in [0.1, 0.15) is 11.1 Å². The fourth-order valence-electron chi connectivity index (χ4n) is 2.48. The summed E-state index contributed by atoms with van der Waals surface area (Å²) < 4.78 is 49.4. The number of sulfone groups is 1. The van der Waals surface area contributed by atoms with Crippen LogP contribution in [0.15, 0.2) is 23.1 Å². The highest BCUT2D eigenvalue weighted by atomic mass is 32.2. The molecule has 1 saturated heterocycles. The quantitative estimate of drug-likeness (QED) is 0.846. The number of benzene rings is 1. The van der Waals surface area contributed by atoms with E-state index < -0.39 is 37.8 Å². The van der Waals surface area contributed by atoms with Crippen molar-refractivity contribution >= 4 is 19.9 Å². The van der Waals surface area contributed by atoms with Gasteiger partial charge in [-0.05, 0) is 31.0 Å². The molecule has 118 valence electrons. The summed E-state index contributed by atoms with van der Waals surface area (Å²) in [5, 5.41) is 9.84. The monoisotopic (exact) mass is 333 g/mol. The molecular formula is C13H19NO5S2. The SMILES string of the molecule is Cc1ccc(C)c(S(=O)(=O)N(C)[C@@H]2CS(=O)(=O)C[C@@H]2O)c1. The molecule has 0 spiro atoms. The lowest BCUT2D eigenvalue weighted by atomic mass is 10.2. The Morgan fingerprint density at radius 3 is 2.38 bits per heavy atom. The highest BCUT2D eigenvalue weighted by Gasteiger charge is 2.43. The van der Waals surface area contributed by atoms with Gasteiger partial charge in [0.1, 0.15) is 0 Å². The van der Waals surface area contributed by atoms with E-state index in [2.05, 4.69) is 0 Å². The molecular weight excluding hydrogens is 314 g/mol. The van der Waals surface area contributed by atoms with Crippen molar-refractivity contribution in [3.05, 3.63) is 29.3 Å². The second-order valence-electron chi connectivity index (χ2n) is 5.50. The molecule has 1 fully saturated rings. The van der Waals surface area contributed by atoms with Crippen LogP contribution in [0.4, 0.5) is 0 Å². The number of hydrogen-bond donors (Lipinski definition) is 1. The molecule has 1 aliphatic heterocycles. The summed E-state index contributed by atoms with van der Waals surface area (Å²) >= 11 is 0. The summed E-state index contributed by atoms with van der Waals surface area (Å²) in [5.41, 5.74) is 1.38. The first-order valence-corrected chi connectivity index (χ1v) is 9.74. The summed E-state index contributed by atoms with van der Waals surface area (Å²) in [7, 11) is -5.94. The Hall–Kier alpha value is -0.960.